The Kier molecular flexibility index (Phi) is 8.67. The van der Waals surface area contributed by atoms with Crippen LogP contribution in [0.5, 0.6) is 0 Å². The van der Waals surface area contributed by atoms with Crippen molar-refractivity contribution in [3.05, 3.63) is 54.6 Å². The van der Waals surface area contributed by atoms with Gasteiger partial charge in [-0.05, 0) is 77.0 Å². The molecule has 39 heavy (non-hydrogen) atoms. The first kappa shape index (κ1) is 29.4. The van der Waals surface area contributed by atoms with Gasteiger partial charge in [0, 0.05) is 17.0 Å². The average molecular weight is 555 g/mol. The zero-order valence-corrected chi connectivity index (χ0v) is 24.5. The average Bonchev–Trinajstić information content (AvgIpc) is 3.48. The Balaban J connectivity index is 1.73. The topological polar surface area (TPSA) is 87.1 Å². The van der Waals surface area contributed by atoms with E-state index in [0.29, 0.717) is 19.4 Å². The van der Waals surface area contributed by atoms with Crippen LogP contribution in [0.1, 0.15) is 57.1 Å². The fourth-order valence-corrected chi connectivity index (χ4v) is 9.14. The summed E-state index contributed by atoms with van der Waals surface area (Å²) in [6.45, 7) is 15.7. The summed E-state index contributed by atoms with van der Waals surface area (Å²) in [6, 6.07) is 4.59. The zero-order chi connectivity index (χ0) is 28.5. The highest BCUT2D eigenvalue weighted by Crippen LogP contribution is 2.71. The van der Waals surface area contributed by atoms with Crippen LogP contribution in [0.4, 0.5) is 5.69 Å². The fourth-order valence-electron chi connectivity index (χ4n) is 6.81. The van der Waals surface area contributed by atoms with Crippen molar-refractivity contribution in [1.29, 1.82) is 0 Å². The van der Waals surface area contributed by atoms with Crippen molar-refractivity contribution in [1.82, 2.24) is 4.90 Å². The van der Waals surface area contributed by atoms with E-state index >= 15 is 0 Å². The Bertz CT molecular complexity index is 1150. The molecule has 3 saturated heterocycles. The van der Waals surface area contributed by atoms with Gasteiger partial charge in [0.25, 0.3) is 5.91 Å². The highest BCUT2D eigenvalue weighted by Gasteiger charge is 2.78. The highest BCUT2D eigenvalue weighted by molar-refractivity contribution is 8.02. The molecule has 3 fully saturated rings. The van der Waals surface area contributed by atoms with Crippen molar-refractivity contribution in [2.24, 2.45) is 11.8 Å². The third-order valence-electron chi connectivity index (χ3n) is 8.72. The summed E-state index contributed by atoms with van der Waals surface area (Å²) >= 11 is 1.61. The summed E-state index contributed by atoms with van der Waals surface area (Å²) < 4.78 is 4.47. The number of fused-ring (bicyclic) bond motifs is 1. The second-order valence-electron chi connectivity index (χ2n) is 11.5. The Morgan fingerprint density at radius 2 is 2.00 bits per heavy atom. The molecular weight excluding hydrogens is 512 g/mol. The van der Waals surface area contributed by atoms with E-state index in [1.807, 2.05) is 45.0 Å². The van der Waals surface area contributed by atoms with Crippen molar-refractivity contribution < 1.29 is 24.2 Å². The van der Waals surface area contributed by atoms with Crippen LogP contribution in [0.2, 0.25) is 0 Å². The molecule has 3 heterocycles. The van der Waals surface area contributed by atoms with E-state index in [4.69, 9.17) is 4.74 Å². The van der Waals surface area contributed by atoms with E-state index < -0.39 is 33.4 Å². The van der Waals surface area contributed by atoms with Crippen LogP contribution in [0.15, 0.2) is 43.5 Å². The van der Waals surface area contributed by atoms with Gasteiger partial charge in [0.1, 0.15) is 6.04 Å². The maximum absolute atomic E-state index is 14.6. The number of amides is 2. The van der Waals surface area contributed by atoms with Crippen LogP contribution in [0.3, 0.4) is 0 Å². The van der Waals surface area contributed by atoms with Gasteiger partial charge in [0.05, 0.1) is 35.8 Å². The lowest BCUT2D eigenvalue weighted by molar-refractivity contribution is -0.156. The normalized spacial score (nSPS) is 29.7. The summed E-state index contributed by atoms with van der Waals surface area (Å²) in [5.41, 5.74) is 2.75. The summed E-state index contributed by atoms with van der Waals surface area (Å²) in [7, 11) is 0. The SMILES string of the molecule is C=CCCCCOC(=O)[C@@H]1[C@H]2C(=O)N([C@H](C)CO)C(C(=O)N(CC=C)c3cc(C)ccc3C)C23CC[C@@]1(C)S3. The molecule has 1 aromatic carbocycles. The van der Waals surface area contributed by atoms with Crippen LogP contribution in [-0.4, -0.2) is 69.1 Å². The largest absolute Gasteiger partial charge is 0.465 e. The molecule has 0 radical (unpaired) electrons. The second kappa shape index (κ2) is 11.5. The fraction of sp³-hybridized carbons (Fsp3) is 0.581. The third kappa shape index (κ3) is 4.95. The lowest BCUT2D eigenvalue weighted by atomic mass is 9.66. The number of aliphatic hydroxyl groups is 1. The maximum Gasteiger partial charge on any atom is 0.311 e. The van der Waals surface area contributed by atoms with Gasteiger partial charge in [-0.2, -0.15) is 0 Å². The number of thioether (sulfide) groups is 1. The van der Waals surface area contributed by atoms with E-state index in [1.54, 1.807) is 34.6 Å². The number of nitrogens with zero attached hydrogens (tertiary/aromatic N) is 2. The molecule has 0 aliphatic carbocycles. The van der Waals surface area contributed by atoms with Crippen molar-refractivity contribution in [2.75, 3.05) is 24.7 Å². The Morgan fingerprint density at radius 1 is 1.26 bits per heavy atom. The number of unbranched alkanes of at least 4 members (excludes halogenated alkanes) is 2. The maximum atomic E-state index is 14.6. The Morgan fingerprint density at radius 3 is 2.67 bits per heavy atom. The molecule has 212 valence electrons. The standard InChI is InChI=1S/C31H42N2O5S/c1-7-9-10-11-17-38-29(37)25-24-27(35)33(22(5)19-34)26(31(24)15-14-30(25,6)39-31)28(36)32(16-8-2)23-18-20(3)12-13-21(23)4/h7-8,12-13,18,22,24-26,34H,1-2,9-11,14-17,19H2,3-6H3/t22-,24+,25+,26?,30-,31?/m1/s1. The first-order valence-corrected chi connectivity index (χ1v) is 14.8. The van der Waals surface area contributed by atoms with Gasteiger partial charge < -0.3 is 19.6 Å². The molecule has 1 spiro atoms. The summed E-state index contributed by atoms with van der Waals surface area (Å²) in [4.78, 5) is 45.6. The van der Waals surface area contributed by atoms with Crippen molar-refractivity contribution >= 4 is 35.2 Å². The number of allylic oxidation sites excluding steroid dienone is 1. The van der Waals surface area contributed by atoms with Crippen LogP contribution in [0.25, 0.3) is 0 Å². The molecule has 7 nitrogen and oxygen atoms in total. The van der Waals surface area contributed by atoms with Gasteiger partial charge >= 0.3 is 5.97 Å². The number of esters is 1. The molecule has 6 atom stereocenters. The lowest BCUT2D eigenvalue weighted by Gasteiger charge is -2.39. The van der Waals surface area contributed by atoms with Crippen LogP contribution in [0, 0.1) is 25.7 Å². The van der Waals surface area contributed by atoms with Crippen molar-refractivity contribution in [3.8, 4) is 0 Å². The van der Waals surface area contributed by atoms with Crippen molar-refractivity contribution in [3.63, 3.8) is 0 Å². The number of likely N-dealkylation sites (tertiary alicyclic amines) is 1. The molecule has 0 aromatic heterocycles. The van der Waals surface area contributed by atoms with E-state index in [0.717, 1.165) is 36.1 Å². The van der Waals surface area contributed by atoms with Gasteiger partial charge in [0.2, 0.25) is 5.91 Å². The number of carbonyl (C=O) groups excluding carboxylic acids is 3. The zero-order valence-electron chi connectivity index (χ0n) is 23.7. The minimum Gasteiger partial charge on any atom is -0.465 e. The predicted octanol–water partition coefficient (Wildman–Crippen LogP) is 4.58. The number of hydrogen-bond acceptors (Lipinski definition) is 6. The molecule has 8 heteroatoms. The van der Waals surface area contributed by atoms with Crippen molar-refractivity contribution in [2.45, 2.75) is 81.4 Å². The Hall–Kier alpha value is -2.58. The number of rotatable bonds is 12. The van der Waals surface area contributed by atoms with Gasteiger partial charge in [-0.25, -0.2) is 0 Å². The van der Waals surface area contributed by atoms with E-state index in [2.05, 4.69) is 13.2 Å². The lowest BCUT2D eigenvalue weighted by Crippen LogP contribution is -2.57. The molecule has 0 saturated carbocycles. The second-order valence-corrected chi connectivity index (χ2v) is 13.4. The predicted molar refractivity (Wildman–Crippen MR) is 156 cm³/mol. The van der Waals surface area contributed by atoms with Gasteiger partial charge in [0.15, 0.2) is 0 Å². The number of anilines is 1. The Labute approximate surface area is 236 Å². The van der Waals surface area contributed by atoms with Crippen LogP contribution >= 0.6 is 11.8 Å². The smallest absolute Gasteiger partial charge is 0.311 e. The number of hydrogen-bond donors (Lipinski definition) is 1. The molecule has 2 bridgehead atoms. The van der Waals surface area contributed by atoms with Gasteiger partial charge in [-0.15, -0.1) is 24.9 Å². The summed E-state index contributed by atoms with van der Waals surface area (Å²) in [6.07, 6.45) is 7.38. The van der Waals surface area contributed by atoms with Gasteiger partial charge in [-0.1, -0.05) is 24.3 Å². The summed E-state index contributed by atoms with van der Waals surface area (Å²) in [5, 5.41) is 10.2. The minimum atomic E-state index is -0.811. The molecule has 4 rings (SSSR count). The van der Waals surface area contributed by atoms with Gasteiger partial charge in [-0.3, -0.25) is 14.4 Å². The molecule has 3 aliphatic rings. The van der Waals surface area contributed by atoms with Crippen LogP contribution in [-0.2, 0) is 19.1 Å². The highest BCUT2D eigenvalue weighted by atomic mass is 32.2. The minimum absolute atomic E-state index is 0.199. The number of aliphatic hydroxyl groups excluding tert-OH is 1. The molecule has 1 aromatic rings. The number of carbonyl (C=O) groups is 3. The number of benzene rings is 1. The monoisotopic (exact) mass is 554 g/mol. The van der Waals surface area contributed by atoms with E-state index in [-0.39, 0.29) is 30.9 Å². The summed E-state index contributed by atoms with van der Waals surface area (Å²) in [5.74, 6) is -2.10. The first-order valence-electron chi connectivity index (χ1n) is 14.0. The molecule has 2 amide bonds. The third-order valence-corrected chi connectivity index (χ3v) is 10.7. The van der Waals surface area contributed by atoms with Crippen LogP contribution < -0.4 is 4.90 Å². The molecular formula is C31H42N2O5S. The first-order chi connectivity index (χ1) is 18.6. The molecule has 1 N–H and O–H groups in total. The molecule has 2 unspecified atom stereocenters. The molecule has 3 aliphatic heterocycles. The van der Waals surface area contributed by atoms with E-state index in [9.17, 15) is 19.5 Å². The number of aryl methyl sites for hydroxylation is 2. The number of ether oxygens (including phenoxy) is 1. The quantitative estimate of drug-likeness (QED) is 0.231. The van der Waals surface area contributed by atoms with E-state index in [1.165, 1.54) is 0 Å².